The summed E-state index contributed by atoms with van der Waals surface area (Å²) in [4.78, 5) is 25.4. The second-order valence-corrected chi connectivity index (χ2v) is 5.78. The summed E-state index contributed by atoms with van der Waals surface area (Å²) < 4.78 is 0. The Morgan fingerprint density at radius 3 is 2.33 bits per heavy atom. The predicted molar refractivity (Wildman–Crippen MR) is 69.9 cm³/mol. The number of likely N-dealkylation sites (tertiary alicyclic amines) is 1. The largest absolute Gasteiger partial charge is 0.317 e. The Bertz CT molecular complexity index is 323. The number of nitrogens with zero attached hydrogens (tertiary/aromatic N) is 1. The van der Waals surface area contributed by atoms with Crippen LogP contribution >= 0.6 is 0 Å². The van der Waals surface area contributed by atoms with Crippen LogP contribution in [0.2, 0.25) is 0 Å². The molecule has 1 saturated heterocycles. The number of imide groups is 1. The second-order valence-electron chi connectivity index (χ2n) is 5.78. The molecule has 4 unspecified atom stereocenters. The van der Waals surface area contributed by atoms with Gasteiger partial charge in [-0.3, -0.25) is 14.5 Å². The Balaban J connectivity index is 1.90. The van der Waals surface area contributed by atoms with Crippen LogP contribution < -0.4 is 5.32 Å². The maximum Gasteiger partial charge on any atom is 0.232 e. The predicted octanol–water partition coefficient (Wildman–Crippen LogP) is 1.41. The minimum absolute atomic E-state index is 0.0199. The molecule has 2 rings (SSSR count). The van der Waals surface area contributed by atoms with Crippen molar-refractivity contribution in [2.75, 3.05) is 13.6 Å². The van der Waals surface area contributed by atoms with Crippen LogP contribution in [-0.2, 0) is 9.59 Å². The van der Waals surface area contributed by atoms with Gasteiger partial charge in [0.15, 0.2) is 0 Å². The first-order valence-electron chi connectivity index (χ1n) is 7.08. The molecule has 1 heterocycles. The molecule has 0 aromatic carbocycles. The molecule has 2 aliphatic rings. The molecule has 1 N–H and O–H groups in total. The molecule has 2 amide bonds. The zero-order valence-corrected chi connectivity index (χ0v) is 11.6. The van der Waals surface area contributed by atoms with E-state index >= 15 is 0 Å². The lowest BCUT2D eigenvalue weighted by atomic mass is 9.99. The van der Waals surface area contributed by atoms with Crippen molar-refractivity contribution < 1.29 is 9.59 Å². The summed E-state index contributed by atoms with van der Waals surface area (Å²) in [6, 6.07) is 0.563. The molecule has 2 fully saturated rings. The SMILES string of the molecule is CNC1CCCC1CCN1C(=O)C(C)C(C)C1=O. The van der Waals surface area contributed by atoms with E-state index in [1.807, 2.05) is 20.9 Å². The Morgan fingerprint density at radius 2 is 1.78 bits per heavy atom. The normalized spacial score (nSPS) is 36.7. The molecular formula is C14H24N2O2. The van der Waals surface area contributed by atoms with Crippen molar-refractivity contribution in [2.24, 2.45) is 17.8 Å². The molecule has 4 atom stereocenters. The van der Waals surface area contributed by atoms with Gasteiger partial charge in [0.1, 0.15) is 0 Å². The maximum absolute atomic E-state index is 12.0. The summed E-state index contributed by atoms with van der Waals surface area (Å²) in [6.07, 6.45) is 4.63. The van der Waals surface area contributed by atoms with Gasteiger partial charge in [-0.2, -0.15) is 0 Å². The molecule has 0 spiro atoms. The molecule has 1 aliphatic carbocycles. The van der Waals surface area contributed by atoms with Gasteiger partial charge in [0, 0.05) is 24.4 Å². The minimum atomic E-state index is -0.138. The zero-order chi connectivity index (χ0) is 13.3. The van der Waals surface area contributed by atoms with Crippen molar-refractivity contribution in [2.45, 2.75) is 45.6 Å². The fourth-order valence-electron chi connectivity index (χ4n) is 3.31. The summed E-state index contributed by atoms with van der Waals surface area (Å²) in [5, 5.41) is 3.34. The third kappa shape index (κ3) is 2.30. The molecule has 1 aliphatic heterocycles. The molecule has 0 bridgehead atoms. The van der Waals surface area contributed by atoms with Crippen molar-refractivity contribution in [3.63, 3.8) is 0 Å². The average molecular weight is 252 g/mol. The molecular weight excluding hydrogens is 228 g/mol. The highest BCUT2D eigenvalue weighted by Crippen LogP contribution is 2.30. The Labute approximate surface area is 109 Å². The van der Waals surface area contributed by atoms with Crippen molar-refractivity contribution in [3.8, 4) is 0 Å². The maximum atomic E-state index is 12.0. The average Bonchev–Trinajstić information content (AvgIpc) is 2.89. The van der Waals surface area contributed by atoms with E-state index < -0.39 is 0 Å². The minimum Gasteiger partial charge on any atom is -0.317 e. The monoisotopic (exact) mass is 252 g/mol. The van der Waals surface area contributed by atoms with Crippen LogP contribution in [-0.4, -0.2) is 36.3 Å². The van der Waals surface area contributed by atoms with Gasteiger partial charge in [-0.05, 0) is 32.2 Å². The Hall–Kier alpha value is -0.900. The van der Waals surface area contributed by atoms with Crippen LogP contribution in [0.3, 0.4) is 0 Å². The van der Waals surface area contributed by atoms with E-state index in [-0.39, 0.29) is 23.7 Å². The topological polar surface area (TPSA) is 49.4 Å². The lowest BCUT2D eigenvalue weighted by Crippen LogP contribution is -2.36. The standard InChI is InChI=1S/C14H24N2O2/c1-9-10(2)14(18)16(13(9)17)8-7-11-5-4-6-12(11)15-3/h9-12,15H,4-8H2,1-3H3. The van der Waals surface area contributed by atoms with E-state index in [0.717, 1.165) is 6.42 Å². The van der Waals surface area contributed by atoms with Gasteiger partial charge in [-0.15, -0.1) is 0 Å². The van der Waals surface area contributed by atoms with Crippen molar-refractivity contribution in [1.82, 2.24) is 10.2 Å². The number of nitrogens with one attached hydrogen (secondary N) is 1. The van der Waals surface area contributed by atoms with E-state index in [1.54, 1.807) is 0 Å². The van der Waals surface area contributed by atoms with Gasteiger partial charge in [0.05, 0.1) is 0 Å². The van der Waals surface area contributed by atoms with Crippen LogP contribution in [0.4, 0.5) is 0 Å². The molecule has 18 heavy (non-hydrogen) atoms. The third-order valence-electron chi connectivity index (χ3n) is 4.81. The summed E-state index contributed by atoms with van der Waals surface area (Å²) in [5.41, 5.74) is 0. The number of hydrogen-bond donors (Lipinski definition) is 1. The molecule has 1 saturated carbocycles. The third-order valence-corrected chi connectivity index (χ3v) is 4.81. The molecule has 4 heteroatoms. The van der Waals surface area contributed by atoms with Gasteiger partial charge in [-0.1, -0.05) is 20.3 Å². The van der Waals surface area contributed by atoms with Crippen molar-refractivity contribution >= 4 is 11.8 Å². The first-order valence-corrected chi connectivity index (χ1v) is 7.08. The van der Waals surface area contributed by atoms with E-state index in [9.17, 15) is 9.59 Å². The summed E-state index contributed by atoms with van der Waals surface area (Å²) >= 11 is 0. The highest BCUT2D eigenvalue weighted by atomic mass is 16.2. The van der Waals surface area contributed by atoms with E-state index in [4.69, 9.17) is 0 Å². The van der Waals surface area contributed by atoms with Crippen LogP contribution in [0.1, 0.15) is 39.5 Å². The van der Waals surface area contributed by atoms with Gasteiger partial charge in [-0.25, -0.2) is 0 Å². The summed E-state index contributed by atoms with van der Waals surface area (Å²) in [7, 11) is 2.00. The number of carbonyl (C=O) groups excluding carboxylic acids is 2. The van der Waals surface area contributed by atoms with Gasteiger partial charge in [0.2, 0.25) is 11.8 Å². The molecule has 0 aromatic rings. The number of hydrogen-bond acceptors (Lipinski definition) is 3. The fraction of sp³-hybridized carbons (Fsp3) is 0.857. The molecule has 0 radical (unpaired) electrons. The quantitative estimate of drug-likeness (QED) is 0.770. The highest BCUT2D eigenvalue weighted by Gasteiger charge is 2.42. The number of carbonyl (C=O) groups is 2. The van der Waals surface area contributed by atoms with Crippen LogP contribution in [0.25, 0.3) is 0 Å². The number of rotatable bonds is 4. The van der Waals surface area contributed by atoms with Crippen LogP contribution in [0.15, 0.2) is 0 Å². The lowest BCUT2D eigenvalue weighted by Gasteiger charge is -2.22. The molecule has 102 valence electrons. The number of amides is 2. The first-order chi connectivity index (χ1) is 8.56. The molecule has 0 aromatic heterocycles. The zero-order valence-electron chi connectivity index (χ0n) is 11.6. The molecule has 4 nitrogen and oxygen atoms in total. The van der Waals surface area contributed by atoms with Gasteiger partial charge in [0.25, 0.3) is 0 Å². The first kappa shape index (κ1) is 13.5. The van der Waals surface area contributed by atoms with E-state index in [0.29, 0.717) is 18.5 Å². The van der Waals surface area contributed by atoms with Gasteiger partial charge >= 0.3 is 0 Å². The van der Waals surface area contributed by atoms with Crippen molar-refractivity contribution in [1.29, 1.82) is 0 Å². The summed E-state index contributed by atoms with van der Waals surface area (Å²) in [6.45, 7) is 4.32. The summed E-state index contributed by atoms with van der Waals surface area (Å²) in [5.74, 6) is 0.377. The van der Waals surface area contributed by atoms with E-state index in [1.165, 1.54) is 24.2 Å². The van der Waals surface area contributed by atoms with E-state index in [2.05, 4.69) is 5.32 Å². The Kier molecular flexibility index (Phi) is 4.05. The Morgan fingerprint density at radius 1 is 1.17 bits per heavy atom. The van der Waals surface area contributed by atoms with Crippen LogP contribution in [0, 0.1) is 17.8 Å². The van der Waals surface area contributed by atoms with Crippen LogP contribution in [0.5, 0.6) is 0 Å². The highest BCUT2D eigenvalue weighted by molar-refractivity contribution is 6.04. The van der Waals surface area contributed by atoms with Crippen molar-refractivity contribution in [3.05, 3.63) is 0 Å². The smallest absolute Gasteiger partial charge is 0.232 e. The lowest BCUT2D eigenvalue weighted by molar-refractivity contribution is -0.140. The fourth-order valence-corrected chi connectivity index (χ4v) is 3.31. The van der Waals surface area contributed by atoms with Gasteiger partial charge < -0.3 is 5.32 Å². The second kappa shape index (κ2) is 5.39.